The van der Waals surface area contributed by atoms with Crippen molar-refractivity contribution in [2.75, 3.05) is 14.1 Å². The lowest BCUT2D eigenvalue weighted by atomic mass is 9.87. The van der Waals surface area contributed by atoms with E-state index in [9.17, 15) is 9.50 Å². The van der Waals surface area contributed by atoms with Crippen molar-refractivity contribution >= 4 is 13.9 Å². The minimum absolute atomic E-state index is 0.210. The fraction of sp³-hybridized carbons (Fsp3) is 0.250. The van der Waals surface area contributed by atoms with E-state index in [1.807, 2.05) is 68.7 Å². The van der Waals surface area contributed by atoms with Crippen molar-refractivity contribution in [3.63, 3.8) is 0 Å². The van der Waals surface area contributed by atoms with E-state index < -0.39 is 0 Å². The molecule has 0 aromatic heterocycles. The van der Waals surface area contributed by atoms with E-state index in [0.717, 1.165) is 51.5 Å². The topological polar surface area (TPSA) is 23.5 Å². The molecule has 4 aromatic rings. The molecule has 0 aliphatic heterocycles. The Hall–Kier alpha value is -3.00. The Morgan fingerprint density at radius 1 is 0.833 bits per heavy atom. The zero-order chi connectivity index (χ0) is 25.7. The molecule has 0 spiro atoms. The van der Waals surface area contributed by atoms with Gasteiger partial charge in [0.1, 0.15) is 11.6 Å². The number of benzene rings is 4. The number of phenolic OH excluding ortho intramolecular Hbond substituents is 1. The fourth-order valence-corrected chi connectivity index (χ4v) is 6.68. The molecule has 0 saturated heterocycles. The molecule has 0 heterocycles. The summed E-state index contributed by atoms with van der Waals surface area (Å²) in [7, 11) is 4.39. The molecule has 2 unspecified atom stereocenters. The van der Waals surface area contributed by atoms with Crippen molar-refractivity contribution in [3.05, 3.63) is 108 Å². The molecule has 4 heteroatoms. The number of hydrogen-bond acceptors (Lipinski definition) is 2. The number of nitrogens with zero attached hydrogens (tertiary/aromatic N) is 1. The van der Waals surface area contributed by atoms with Crippen LogP contribution >= 0.6 is 8.58 Å². The summed E-state index contributed by atoms with van der Waals surface area (Å²) >= 11 is 0. The van der Waals surface area contributed by atoms with Crippen molar-refractivity contribution in [1.29, 1.82) is 0 Å². The normalized spacial score (nSPS) is 13.4. The lowest BCUT2D eigenvalue weighted by Crippen LogP contribution is -2.23. The van der Waals surface area contributed by atoms with Crippen LogP contribution in [0.2, 0.25) is 0 Å². The molecule has 1 N–H and O–H groups in total. The fourth-order valence-electron chi connectivity index (χ4n) is 4.91. The van der Waals surface area contributed by atoms with E-state index in [2.05, 4.69) is 43.0 Å². The van der Waals surface area contributed by atoms with Crippen LogP contribution in [-0.4, -0.2) is 24.1 Å². The predicted octanol–water partition coefficient (Wildman–Crippen LogP) is 7.95. The van der Waals surface area contributed by atoms with Gasteiger partial charge in [0.25, 0.3) is 0 Å². The highest BCUT2D eigenvalue weighted by atomic mass is 31.1. The molecule has 186 valence electrons. The second kappa shape index (κ2) is 11.4. The maximum Gasteiger partial charge on any atom is 0.127 e. The van der Waals surface area contributed by atoms with Gasteiger partial charge in [-0.05, 0) is 72.3 Å². The van der Waals surface area contributed by atoms with E-state index in [0.29, 0.717) is 20.9 Å². The van der Waals surface area contributed by atoms with E-state index >= 15 is 0 Å². The van der Waals surface area contributed by atoms with Crippen LogP contribution in [0.5, 0.6) is 5.75 Å². The minimum atomic E-state index is -0.313. The van der Waals surface area contributed by atoms with Gasteiger partial charge < -0.3 is 10.0 Å². The first kappa shape index (κ1) is 26.1. The van der Waals surface area contributed by atoms with Crippen LogP contribution in [0, 0.1) is 5.82 Å². The number of phenols is 1. The lowest BCUT2D eigenvalue weighted by molar-refractivity contribution is 0.402. The van der Waals surface area contributed by atoms with Gasteiger partial charge in [-0.15, -0.1) is 0 Å². The van der Waals surface area contributed by atoms with Crippen molar-refractivity contribution in [3.8, 4) is 28.0 Å². The van der Waals surface area contributed by atoms with Crippen molar-refractivity contribution in [2.24, 2.45) is 0 Å². The molecule has 2 atom stereocenters. The Kier molecular flexibility index (Phi) is 8.24. The van der Waals surface area contributed by atoms with Crippen LogP contribution in [0.1, 0.15) is 37.8 Å². The summed E-state index contributed by atoms with van der Waals surface area (Å²) in [4.78, 5) is 2.07. The number of hydrogen-bond donors (Lipinski definition) is 1. The SMILES string of the molecule is CCCC(C)(Pc1ccc(F)cc1CN(C)C)c1cc(-c2ccccc2)cc(-c2ccccc2)c1O. The third-order valence-electron chi connectivity index (χ3n) is 6.61. The Balaban J connectivity index is 1.90. The van der Waals surface area contributed by atoms with E-state index in [-0.39, 0.29) is 11.0 Å². The van der Waals surface area contributed by atoms with Crippen LogP contribution in [-0.2, 0) is 11.7 Å². The van der Waals surface area contributed by atoms with Crippen LogP contribution in [0.4, 0.5) is 4.39 Å². The number of rotatable bonds is 9. The summed E-state index contributed by atoms with van der Waals surface area (Å²) in [6.07, 6.45) is 1.88. The minimum Gasteiger partial charge on any atom is -0.507 e. The number of aromatic hydroxyl groups is 1. The van der Waals surface area contributed by atoms with Crippen molar-refractivity contribution < 1.29 is 9.50 Å². The highest BCUT2D eigenvalue weighted by Crippen LogP contribution is 2.51. The summed E-state index contributed by atoms with van der Waals surface area (Å²) in [5.41, 5.74) is 5.99. The van der Waals surface area contributed by atoms with Gasteiger partial charge in [0, 0.05) is 22.8 Å². The van der Waals surface area contributed by atoms with Crippen LogP contribution in [0.3, 0.4) is 0 Å². The van der Waals surface area contributed by atoms with Crippen LogP contribution in [0.15, 0.2) is 91.0 Å². The molecule has 2 nitrogen and oxygen atoms in total. The molecular weight excluding hydrogens is 464 g/mol. The summed E-state index contributed by atoms with van der Waals surface area (Å²) in [6, 6.07) is 29.8. The molecule has 0 bridgehead atoms. The third kappa shape index (κ3) is 5.86. The molecule has 0 aliphatic carbocycles. The maximum atomic E-state index is 14.2. The van der Waals surface area contributed by atoms with Crippen LogP contribution in [0.25, 0.3) is 22.3 Å². The zero-order valence-corrected chi connectivity index (χ0v) is 22.6. The van der Waals surface area contributed by atoms with Gasteiger partial charge in [0.15, 0.2) is 0 Å². The molecule has 0 amide bonds. The van der Waals surface area contributed by atoms with Crippen LogP contribution < -0.4 is 5.30 Å². The van der Waals surface area contributed by atoms with Gasteiger partial charge in [0.2, 0.25) is 0 Å². The van der Waals surface area contributed by atoms with E-state index in [1.54, 1.807) is 12.1 Å². The lowest BCUT2D eigenvalue weighted by Gasteiger charge is -2.33. The standard InChI is InChI=1S/C32H35FNOP/c1-5-18-32(2,36-30-17-16-27(33)19-26(30)22-34(3)4)29-21-25(23-12-8-6-9-13-23)20-28(31(29)35)24-14-10-7-11-15-24/h6-17,19-21,35-36H,5,18,22H2,1-4H3. The second-order valence-corrected chi connectivity index (χ2v) is 11.8. The summed E-state index contributed by atoms with van der Waals surface area (Å²) in [5.74, 6) is 0.124. The molecule has 0 aliphatic rings. The van der Waals surface area contributed by atoms with Crippen molar-refractivity contribution in [1.82, 2.24) is 4.90 Å². The van der Waals surface area contributed by atoms with Gasteiger partial charge in [0.05, 0.1) is 0 Å². The van der Waals surface area contributed by atoms with Gasteiger partial charge in [-0.2, -0.15) is 0 Å². The predicted molar refractivity (Wildman–Crippen MR) is 153 cm³/mol. The van der Waals surface area contributed by atoms with E-state index in [1.165, 1.54) is 0 Å². The molecule has 0 radical (unpaired) electrons. The summed E-state index contributed by atoms with van der Waals surface area (Å²) < 4.78 is 14.2. The smallest absolute Gasteiger partial charge is 0.127 e. The highest BCUT2D eigenvalue weighted by Gasteiger charge is 2.32. The average Bonchev–Trinajstić information content (AvgIpc) is 2.87. The van der Waals surface area contributed by atoms with Gasteiger partial charge >= 0.3 is 0 Å². The molecule has 0 saturated carbocycles. The first-order valence-electron chi connectivity index (χ1n) is 12.5. The van der Waals surface area contributed by atoms with Crippen molar-refractivity contribution in [2.45, 2.75) is 38.4 Å². The first-order valence-corrected chi connectivity index (χ1v) is 13.5. The zero-order valence-electron chi connectivity index (χ0n) is 21.6. The molecule has 4 rings (SSSR count). The summed E-state index contributed by atoms with van der Waals surface area (Å²) in [6.45, 7) is 5.11. The molecule has 0 fully saturated rings. The monoisotopic (exact) mass is 499 g/mol. The summed E-state index contributed by atoms with van der Waals surface area (Å²) in [5, 5.41) is 12.6. The highest BCUT2D eigenvalue weighted by molar-refractivity contribution is 7.48. The average molecular weight is 500 g/mol. The molecular formula is C32H35FNOP. The Labute approximate surface area is 216 Å². The number of halogens is 1. The first-order chi connectivity index (χ1) is 17.3. The van der Waals surface area contributed by atoms with Gasteiger partial charge in [-0.3, -0.25) is 0 Å². The van der Waals surface area contributed by atoms with E-state index in [4.69, 9.17) is 0 Å². The third-order valence-corrected chi connectivity index (χ3v) is 8.44. The molecule has 36 heavy (non-hydrogen) atoms. The largest absolute Gasteiger partial charge is 0.507 e. The van der Waals surface area contributed by atoms with Gasteiger partial charge in [-0.1, -0.05) is 95.6 Å². The Bertz CT molecular complexity index is 1310. The molecule has 4 aromatic carbocycles. The Morgan fingerprint density at radius 2 is 1.47 bits per heavy atom. The second-order valence-electron chi connectivity index (χ2n) is 9.90. The maximum absolute atomic E-state index is 14.2. The Morgan fingerprint density at radius 3 is 2.08 bits per heavy atom. The quantitative estimate of drug-likeness (QED) is 0.236. The van der Waals surface area contributed by atoms with Gasteiger partial charge in [-0.25, -0.2) is 4.39 Å².